The quantitative estimate of drug-likeness (QED) is 0.0130. The molecule has 18 heteroatoms. The second-order valence-corrected chi connectivity index (χ2v) is 19.8. The number of esters is 2. The first-order valence-electron chi connectivity index (χ1n) is 24.2. The normalized spacial score (nSPS) is 22.0. The van der Waals surface area contributed by atoms with Crippen LogP contribution in [0.5, 0.6) is 0 Å². The van der Waals surface area contributed by atoms with Gasteiger partial charge in [0.25, 0.3) is 0 Å². The SMILES string of the molecule is CCCCCCCCCCC/C=C\CCCCC(=O)O[C@H](COC(=O)CCCCCCCCCCCCCCCCC)COP(=O)(O)O[C@H]1[C@H](O)[C@@H](OP(=O)(O)O)[C@H](O)[C@@H](O)[C@H]1O. The molecule has 0 aromatic rings. The lowest BCUT2D eigenvalue weighted by Gasteiger charge is -2.43. The van der Waals surface area contributed by atoms with Crippen molar-refractivity contribution < 1.29 is 76.9 Å². The lowest BCUT2D eigenvalue weighted by Crippen LogP contribution is -2.64. The smallest absolute Gasteiger partial charge is 0.462 e. The average Bonchev–Trinajstić information content (AvgIpc) is 3.23. The van der Waals surface area contributed by atoms with Crippen LogP contribution in [0.15, 0.2) is 12.2 Å². The highest BCUT2D eigenvalue weighted by molar-refractivity contribution is 7.47. The van der Waals surface area contributed by atoms with Gasteiger partial charge in [0.1, 0.15) is 43.2 Å². The summed E-state index contributed by atoms with van der Waals surface area (Å²) in [6.07, 6.45) is 21.7. The minimum Gasteiger partial charge on any atom is -0.462 e. The molecule has 1 rings (SSSR count). The first-order chi connectivity index (χ1) is 30.1. The Balaban J connectivity index is 2.59. The largest absolute Gasteiger partial charge is 0.472 e. The van der Waals surface area contributed by atoms with E-state index in [-0.39, 0.29) is 12.8 Å². The number of phosphoric ester groups is 2. The van der Waals surface area contributed by atoms with Crippen LogP contribution >= 0.6 is 15.6 Å². The van der Waals surface area contributed by atoms with Crippen LogP contribution < -0.4 is 0 Å². The number of phosphoric acid groups is 2. The lowest BCUT2D eigenvalue weighted by atomic mass is 9.85. The molecule has 0 amide bonds. The van der Waals surface area contributed by atoms with Crippen LogP contribution in [0.4, 0.5) is 0 Å². The number of rotatable bonds is 41. The van der Waals surface area contributed by atoms with Crippen molar-refractivity contribution in [3.8, 4) is 0 Å². The zero-order chi connectivity index (χ0) is 46.8. The Morgan fingerprint density at radius 1 is 0.492 bits per heavy atom. The van der Waals surface area contributed by atoms with Gasteiger partial charge in [-0.25, -0.2) is 9.13 Å². The fourth-order valence-corrected chi connectivity index (χ4v) is 9.09. The van der Waals surface area contributed by atoms with Crippen molar-refractivity contribution in [1.29, 1.82) is 0 Å². The van der Waals surface area contributed by atoms with E-state index in [9.17, 15) is 44.0 Å². The molecule has 16 nitrogen and oxygen atoms in total. The highest BCUT2D eigenvalue weighted by atomic mass is 31.2. The number of hydrogen-bond acceptors (Lipinski definition) is 13. The van der Waals surface area contributed by atoms with E-state index in [1.165, 1.54) is 116 Å². The van der Waals surface area contributed by atoms with Crippen molar-refractivity contribution in [2.75, 3.05) is 13.2 Å². The van der Waals surface area contributed by atoms with E-state index in [0.717, 1.165) is 51.4 Å². The summed E-state index contributed by atoms with van der Waals surface area (Å²) in [5.74, 6) is -1.22. The Bertz CT molecular complexity index is 1280. The van der Waals surface area contributed by atoms with Gasteiger partial charge in [-0.1, -0.05) is 167 Å². The molecule has 0 radical (unpaired) electrons. The van der Waals surface area contributed by atoms with Crippen molar-refractivity contribution in [2.24, 2.45) is 0 Å². The standard InChI is InChI=1S/C45H86O16P2/c1-3-5-7-9-11-13-15-17-19-21-23-25-27-29-31-33-38(46)57-35-37(59-39(47)34-32-30-28-26-24-22-20-18-16-14-12-10-8-6-4-2)36-58-63(55,56)61-45-42(50)40(48)41(49)44(43(45)51)60-62(52,53)54/h24,26,37,40-45,48-51H,3-23,25,27-36H2,1-2H3,(H,55,56)(H2,52,53,54)/b26-24-/t37-,40-,41-,42-,43-,44+,45-/m1/s1. The number of carbonyl (C=O) groups is 2. The molecule has 0 heterocycles. The number of aliphatic hydroxyl groups excluding tert-OH is 4. The van der Waals surface area contributed by atoms with Gasteiger partial charge in [-0.2, -0.15) is 0 Å². The van der Waals surface area contributed by atoms with Crippen molar-refractivity contribution in [2.45, 2.75) is 249 Å². The van der Waals surface area contributed by atoms with E-state index in [0.29, 0.717) is 12.8 Å². The summed E-state index contributed by atoms with van der Waals surface area (Å²) in [5, 5.41) is 41.2. The Morgan fingerprint density at radius 2 is 0.873 bits per heavy atom. The Kier molecular flexibility index (Phi) is 34.9. The molecule has 0 aromatic heterocycles. The Hall–Kier alpha value is -1.26. The molecule has 0 bridgehead atoms. The molecular formula is C45H86O16P2. The topological polar surface area (TPSA) is 256 Å². The van der Waals surface area contributed by atoms with Crippen LogP contribution in [0, 0.1) is 0 Å². The number of hydrogen-bond donors (Lipinski definition) is 7. The van der Waals surface area contributed by atoms with Crippen LogP contribution in [0.1, 0.15) is 206 Å². The van der Waals surface area contributed by atoms with Gasteiger partial charge in [0, 0.05) is 12.8 Å². The fraction of sp³-hybridized carbons (Fsp3) is 0.911. The van der Waals surface area contributed by atoms with E-state index in [1.807, 2.05) is 0 Å². The third kappa shape index (κ3) is 31.4. The number of allylic oxidation sites excluding steroid dienone is 2. The second kappa shape index (κ2) is 36.8. The molecule has 63 heavy (non-hydrogen) atoms. The van der Waals surface area contributed by atoms with E-state index < -0.39 is 83.5 Å². The van der Waals surface area contributed by atoms with E-state index in [2.05, 4.69) is 30.5 Å². The predicted molar refractivity (Wildman–Crippen MR) is 241 cm³/mol. The maximum Gasteiger partial charge on any atom is 0.472 e. The molecule has 1 aliphatic rings. The van der Waals surface area contributed by atoms with Gasteiger partial charge in [0.2, 0.25) is 0 Å². The molecule has 0 aromatic carbocycles. The zero-order valence-electron chi connectivity index (χ0n) is 38.5. The Labute approximate surface area is 378 Å². The van der Waals surface area contributed by atoms with Crippen molar-refractivity contribution >= 4 is 27.6 Å². The average molecular weight is 945 g/mol. The van der Waals surface area contributed by atoms with Gasteiger partial charge in [0.15, 0.2) is 6.10 Å². The molecule has 372 valence electrons. The van der Waals surface area contributed by atoms with Gasteiger partial charge in [-0.3, -0.25) is 23.2 Å². The Morgan fingerprint density at radius 3 is 1.33 bits per heavy atom. The van der Waals surface area contributed by atoms with Crippen LogP contribution in [0.2, 0.25) is 0 Å². The van der Waals surface area contributed by atoms with Crippen LogP contribution in [-0.4, -0.2) is 103 Å². The highest BCUT2D eigenvalue weighted by Crippen LogP contribution is 2.49. The molecule has 1 unspecified atom stereocenters. The molecule has 1 fully saturated rings. The van der Waals surface area contributed by atoms with Gasteiger partial charge < -0.3 is 44.6 Å². The fourth-order valence-electron chi connectivity index (χ4n) is 7.55. The third-order valence-corrected chi connectivity index (χ3v) is 12.8. The molecule has 1 saturated carbocycles. The molecule has 1 aliphatic carbocycles. The molecule has 7 N–H and O–H groups in total. The molecule has 0 aliphatic heterocycles. The summed E-state index contributed by atoms with van der Waals surface area (Å²) in [6, 6.07) is 0. The first kappa shape index (κ1) is 59.8. The van der Waals surface area contributed by atoms with Crippen LogP contribution in [-0.2, 0) is 41.8 Å². The maximum atomic E-state index is 13.0. The highest BCUT2D eigenvalue weighted by Gasteiger charge is 2.54. The zero-order valence-corrected chi connectivity index (χ0v) is 40.3. The molecule has 0 spiro atoms. The summed E-state index contributed by atoms with van der Waals surface area (Å²) in [7, 11) is -10.7. The third-order valence-electron chi connectivity index (χ3n) is 11.3. The van der Waals surface area contributed by atoms with Gasteiger partial charge in [-0.15, -0.1) is 0 Å². The minimum atomic E-state index is -5.36. The summed E-state index contributed by atoms with van der Waals surface area (Å²) >= 11 is 0. The summed E-state index contributed by atoms with van der Waals surface area (Å²) < 4.78 is 49.4. The van der Waals surface area contributed by atoms with E-state index in [4.69, 9.17) is 28.3 Å². The second-order valence-electron chi connectivity index (χ2n) is 17.2. The minimum absolute atomic E-state index is 0.0184. The van der Waals surface area contributed by atoms with E-state index >= 15 is 0 Å². The summed E-state index contributed by atoms with van der Waals surface area (Å²) in [5.41, 5.74) is 0. The number of carbonyl (C=O) groups excluding carboxylic acids is 2. The monoisotopic (exact) mass is 945 g/mol. The molecular weight excluding hydrogens is 858 g/mol. The number of unbranched alkanes of at least 4 members (excludes halogenated alkanes) is 25. The van der Waals surface area contributed by atoms with Crippen molar-refractivity contribution in [3.05, 3.63) is 12.2 Å². The van der Waals surface area contributed by atoms with Gasteiger partial charge in [-0.05, 0) is 38.5 Å². The summed E-state index contributed by atoms with van der Waals surface area (Å²) in [6.45, 7) is 3.11. The van der Waals surface area contributed by atoms with Crippen molar-refractivity contribution in [1.82, 2.24) is 0 Å². The van der Waals surface area contributed by atoms with Crippen molar-refractivity contribution in [3.63, 3.8) is 0 Å². The van der Waals surface area contributed by atoms with Crippen LogP contribution in [0.3, 0.4) is 0 Å². The molecule has 8 atom stereocenters. The van der Waals surface area contributed by atoms with Gasteiger partial charge in [0.05, 0.1) is 6.61 Å². The number of aliphatic hydroxyl groups is 4. The lowest BCUT2D eigenvalue weighted by molar-refractivity contribution is -0.216. The van der Waals surface area contributed by atoms with Crippen LogP contribution in [0.25, 0.3) is 0 Å². The van der Waals surface area contributed by atoms with E-state index in [1.54, 1.807) is 0 Å². The predicted octanol–water partition coefficient (Wildman–Crippen LogP) is 9.18. The van der Waals surface area contributed by atoms with Gasteiger partial charge >= 0.3 is 27.6 Å². The number of ether oxygens (including phenoxy) is 2. The maximum absolute atomic E-state index is 13.0. The molecule has 0 saturated heterocycles. The first-order valence-corrected chi connectivity index (χ1v) is 27.3. The summed E-state index contributed by atoms with van der Waals surface area (Å²) in [4.78, 5) is 54.2.